The van der Waals surface area contributed by atoms with E-state index in [1.165, 1.54) is 51.9 Å². The van der Waals surface area contributed by atoms with E-state index in [-0.39, 0.29) is 0 Å². The van der Waals surface area contributed by atoms with Gasteiger partial charge in [-0.25, -0.2) is 0 Å². The molecule has 0 bridgehead atoms. The van der Waals surface area contributed by atoms with Gasteiger partial charge in [-0.05, 0) is 51.2 Å². The van der Waals surface area contributed by atoms with Gasteiger partial charge >= 0.3 is 0 Å². The maximum Gasteiger partial charge on any atom is 0.0166 e. The second-order valence-corrected chi connectivity index (χ2v) is 5.92. The van der Waals surface area contributed by atoms with Gasteiger partial charge in [0, 0.05) is 12.6 Å². The van der Waals surface area contributed by atoms with Crippen LogP contribution < -0.4 is 5.32 Å². The quantitative estimate of drug-likeness (QED) is 0.735. The van der Waals surface area contributed by atoms with Gasteiger partial charge in [-0.2, -0.15) is 0 Å². The fourth-order valence-corrected chi connectivity index (χ4v) is 2.83. The lowest BCUT2D eigenvalue weighted by Crippen LogP contribution is -2.41. The highest BCUT2D eigenvalue weighted by Crippen LogP contribution is 2.27. The van der Waals surface area contributed by atoms with Crippen molar-refractivity contribution < 1.29 is 0 Å². The van der Waals surface area contributed by atoms with Crippen LogP contribution in [0, 0.1) is 11.8 Å². The van der Waals surface area contributed by atoms with Crippen molar-refractivity contribution in [2.45, 2.75) is 59.4 Å². The summed E-state index contributed by atoms with van der Waals surface area (Å²) in [5, 5.41) is 3.72. The molecule has 1 aliphatic rings. The molecule has 102 valence electrons. The molecule has 1 N–H and O–H groups in total. The zero-order valence-electron chi connectivity index (χ0n) is 12.3. The first-order valence-electron chi connectivity index (χ1n) is 7.61. The Morgan fingerprint density at radius 1 is 1.12 bits per heavy atom. The first kappa shape index (κ1) is 15.0. The summed E-state index contributed by atoms with van der Waals surface area (Å²) in [5.41, 5.74) is 0. The molecule has 1 aliphatic carbocycles. The van der Waals surface area contributed by atoms with Crippen molar-refractivity contribution >= 4 is 0 Å². The van der Waals surface area contributed by atoms with Gasteiger partial charge in [-0.1, -0.05) is 33.6 Å². The standard InChI is InChI=1S/C15H32N2/c1-5-17(6-2)12-14(4)16-11-15-9-7-13(3)8-10-15/h13-16H,5-12H2,1-4H3. The number of hydrogen-bond acceptors (Lipinski definition) is 2. The smallest absolute Gasteiger partial charge is 0.0166 e. The maximum atomic E-state index is 3.72. The van der Waals surface area contributed by atoms with E-state index in [0.717, 1.165) is 11.8 Å². The molecule has 0 saturated heterocycles. The van der Waals surface area contributed by atoms with Crippen molar-refractivity contribution in [1.82, 2.24) is 10.2 Å². The van der Waals surface area contributed by atoms with Crippen LogP contribution in [0.5, 0.6) is 0 Å². The van der Waals surface area contributed by atoms with Gasteiger partial charge < -0.3 is 10.2 Å². The molecule has 1 atom stereocenters. The Morgan fingerprint density at radius 2 is 1.71 bits per heavy atom. The zero-order valence-corrected chi connectivity index (χ0v) is 12.3. The molecule has 2 nitrogen and oxygen atoms in total. The minimum atomic E-state index is 0.634. The van der Waals surface area contributed by atoms with E-state index in [9.17, 15) is 0 Å². The first-order valence-corrected chi connectivity index (χ1v) is 7.61. The summed E-state index contributed by atoms with van der Waals surface area (Å²) in [6.45, 7) is 14.0. The minimum absolute atomic E-state index is 0.634. The Hall–Kier alpha value is -0.0800. The Kier molecular flexibility index (Phi) is 7.14. The normalized spacial score (nSPS) is 27.4. The average Bonchev–Trinajstić information content (AvgIpc) is 2.35. The van der Waals surface area contributed by atoms with Crippen molar-refractivity contribution in [1.29, 1.82) is 0 Å². The number of nitrogens with one attached hydrogen (secondary N) is 1. The molecule has 1 unspecified atom stereocenters. The summed E-state index contributed by atoms with van der Waals surface area (Å²) in [4.78, 5) is 2.50. The molecule has 17 heavy (non-hydrogen) atoms. The largest absolute Gasteiger partial charge is 0.313 e. The van der Waals surface area contributed by atoms with Crippen LogP contribution in [-0.4, -0.2) is 37.1 Å². The van der Waals surface area contributed by atoms with Crippen molar-refractivity contribution in [2.24, 2.45) is 11.8 Å². The molecular weight excluding hydrogens is 208 g/mol. The van der Waals surface area contributed by atoms with Crippen LogP contribution in [-0.2, 0) is 0 Å². The van der Waals surface area contributed by atoms with Crippen LogP contribution >= 0.6 is 0 Å². The minimum Gasteiger partial charge on any atom is -0.313 e. The molecule has 0 aromatic heterocycles. The Labute approximate surface area is 108 Å². The van der Waals surface area contributed by atoms with E-state index in [4.69, 9.17) is 0 Å². The average molecular weight is 240 g/mol. The monoisotopic (exact) mass is 240 g/mol. The highest BCUT2D eigenvalue weighted by atomic mass is 15.1. The zero-order chi connectivity index (χ0) is 12.7. The molecular formula is C15H32N2. The molecule has 0 amide bonds. The highest BCUT2D eigenvalue weighted by Gasteiger charge is 2.18. The van der Waals surface area contributed by atoms with Crippen LogP contribution in [0.2, 0.25) is 0 Å². The molecule has 0 aromatic carbocycles. The highest BCUT2D eigenvalue weighted by molar-refractivity contribution is 4.74. The Morgan fingerprint density at radius 3 is 2.24 bits per heavy atom. The lowest BCUT2D eigenvalue weighted by Gasteiger charge is -2.29. The fraction of sp³-hybridized carbons (Fsp3) is 1.00. The van der Waals surface area contributed by atoms with E-state index >= 15 is 0 Å². The van der Waals surface area contributed by atoms with Crippen molar-refractivity contribution in [3.8, 4) is 0 Å². The van der Waals surface area contributed by atoms with Gasteiger partial charge in [-0.3, -0.25) is 0 Å². The molecule has 1 fully saturated rings. The second-order valence-electron chi connectivity index (χ2n) is 5.92. The van der Waals surface area contributed by atoms with Crippen LogP contribution in [0.25, 0.3) is 0 Å². The molecule has 1 saturated carbocycles. The summed E-state index contributed by atoms with van der Waals surface area (Å²) in [6.07, 6.45) is 5.76. The Balaban J connectivity index is 2.12. The van der Waals surface area contributed by atoms with Crippen molar-refractivity contribution in [2.75, 3.05) is 26.2 Å². The molecule has 1 rings (SSSR count). The summed E-state index contributed by atoms with van der Waals surface area (Å²) in [5.74, 6) is 1.91. The lowest BCUT2D eigenvalue weighted by molar-refractivity contribution is 0.244. The van der Waals surface area contributed by atoms with Gasteiger partial charge in [0.05, 0.1) is 0 Å². The molecule has 0 radical (unpaired) electrons. The molecule has 0 spiro atoms. The van der Waals surface area contributed by atoms with Gasteiger partial charge in [0.1, 0.15) is 0 Å². The van der Waals surface area contributed by atoms with Gasteiger partial charge in [0.25, 0.3) is 0 Å². The molecule has 2 heteroatoms. The van der Waals surface area contributed by atoms with E-state index in [1.807, 2.05) is 0 Å². The van der Waals surface area contributed by atoms with Crippen LogP contribution in [0.1, 0.15) is 53.4 Å². The fourth-order valence-electron chi connectivity index (χ4n) is 2.83. The lowest BCUT2D eigenvalue weighted by atomic mass is 9.83. The summed E-state index contributed by atoms with van der Waals surface area (Å²) < 4.78 is 0. The maximum absolute atomic E-state index is 3.72. The SMILES string of the molecule is CCN(CC)CC(C)NCC1CCC(C)CC1. The number of rotatable bonds is 7. The predicted octanol–water partition coefficient (Wildman–Crippen LogP) is 3.13. The first-order chi connectivity index (χ1) is 8.15. The van der Waals surface area contributed by atoms with E-state index in [2.05, 4.69) is 37.9 Å². The molecule has 0 aromatic rings. The molecule has 0 heterocycles. The van der Waals surface area contributed by atoms with Crippen LogP contribution in [0.3, 0.4) is 0 Å². The van der Waals surface area contributed by atoms with Gasteiger partial charge in [0.15, 0.2) is 0 Å². The van der Waals surface area contributed by atoms with Gasteiger partial charge in [-0.15, -0.1) is 0 Å². The van der Waals surface area contributed by atoms with E-state index in [1.54, 1.807) is 0 Å². The summed E-state index contributed by atoms with van der Waals surface area (Å²) in [6, 6.07) is 0.634. The summed E-state index contributed by atoms with van der Waals surface area (Å²) >= 11 is 0. The van der Waals surface area contributed by atoms with E-state index in [0.29, 0.717) is 6.04 Å². The Bertz CT molecular complexity index is 181. The third-order valence-corrected chi connectivity index (χ3v) is 4.32. The molecule has 0 aliphatic heterocycles. The topological polar surface area (TPSA) is 15.3 Å². The third kappa shape index (κ3) is 5.87. The van der Waals surface area contributed by atoms with E-state index < -0.39 is 0 Å². The number of hydrogen-bond donors (Lipinski definition) is 1. The predicted molar refractivity (Wildman–Crippen MR) is 76.4 cm³/mol. The van der Waals surface area contributed by atoms with Crippen LogP contribution in [0.4, 0.5) is 0 Å². The number of nitrogens with zero attached hydrogens (tertiary/aromatic N) is 1. The van der Waals surface area contributed by atoms with Gasteiger partial charge in [0.2, 0.25) is 0 Å². The van der Waals surface area contributed by atoms with Crippen molar-refractivity contribution in [3.05, 3.63) is 0 Å². The van der Waals surface area contributed by atoms with Crippen molar-refractivity contribution in [3.63, 3.8) is 0 Å². The third-order valence-electron chi connectivity index (χ3n) is 4.32. The number of likely N-dealkylation sites (N-methyl/N-ethyl adjacent to an activating group) is 1. The van der Waals surface area contributed by atoms with Crippen LogP contribution in [0.15, 0.2) is 0 Å². The summed E-state index contributed by atoms with van der Waals surface area (Å²) in [7, 11) is 0. The second kappa shape index (κ2) is 8.10.